The largest absolute Gasteiger partial charge is 0.472 e. The van der Waals surface area contributed by atoms with Crippen molar-refractivity contribution in [1.29, 1.82) is 0 Å². The summed E-state index contributed by atoms with van der Waals surface area (Å²) < 4.78 is 68.6. The van der Waals surface area contributed by atoms with Crippen molar-refractivity contribution in [3.63, 3.8) is 0 Å². The van der Waals surface area contributed by atoms with Crippen molar-refractivity contribution < 1.29 is 80.2 Å². The number of ether oxygens (including phenoxy) is 4. The number of hydrogen-bond donors (Lipinski definition) is 3. The number of hydrogen-bond acceptors (Lipinski definition) is 15. The predicted molar refractivity (Wildman–Crippen MR) is 427 cm³/mol. The third-order valence-electron chi connectivity index (χ3n) is 16.9. The Morgan fingerprint density at radius 3 is 0.808 bits per heavy atom. The van der Waals surface area contributed by atoms with Crippen LogP contribution in [0.1, 0.15) is 336 Å². The molecule has 0 aliphatic rings. The highest BCUT2D eigenvalue weighted by atomic mass is 31.2. The molecule has 5 atom stereocenters. The number of allylic oxidation sites excluding steroid dienone is 20. The minimum absolute atomic E-state index is 0.0504. The van der Waals surface area contributed by atoms with Crippen molar-refractivity contribution in [2.75, 3.05) is 39.6 Å². The Morgan fingerprint density at radius 2 is 0.500 bits per heavy atom. The topological polar surface area (TPSA) is 237 Å². The van der Waals surface area contributed by atoms with Gasteiger partial charge in [-0.1, -0.05) is 271 Å². The maximum absolute atomic E-state index is 13.1. The molecule has 19 heteroatoms. The van der Waals surface area contributed by atoms with Gasteiger partial charge in [-0.05, 0) is 161 Å². The molecule has 0 fully saturated rings. The fourth-order valence-electron chi connectivity index (χ4n) is 10.7. The van der Waals surface area contributed by atoms with Gasteiger partial charge in [0.2, 0.25) is 0 Å². The zero-order chi connectivity index (χ0) is 76.0. The molecule has 0 aromatic carbocycles. The first-order chi connectivity index (χ1) is 50.7. The SMILES string of the molecule is CC/C=C\C/C=C\C/C=C\C/C=C\C/C=C\CCCCCC(=O)O[C@H](COC(=O)CCCCCCC/C=C\C/C=C\CCCCC)COP(=O)(O)OC[C@@H](O)COP(=O)(O)OC[C@@H](COC(=O)CCCCCCC/C=C\C/C=C\CCCCC)OC(=O)CCCCCCCCC/C=C\CCCCCC. The van der Waals surface area contributed by atoms with Crippen LogP contribution in [0.5, 0.6) is 0 Å². The Bertz CT molecular complexity index is 2440. The maximum atomic E-state index is 13.1. The molecule has 0 aromatic rings. The smallest absolute Gasteiger partial charge is 0.462 e. The second-order valence-corrected chi connectivity index (χ2v) is 29.9. The van der Waals surface area contributed by atoms with E-state index < -0.39 is 97.5 Å². The van der Waals surface area contributed by atoms with Gasteiger partial charge in [-0.3, -0.25) is 37.3 Å². The Labute approximate surface area is 632 Å². The molecule has 104 heavy (non-hydrogen) atoms. The van der Waals surface area contributed by atoms with E-state index in [9.17, 15) is 43.2 Å². The average Bonchev–Trinajstić information content (AvgIpc) is 0.943. The first-order valence-electron chi connectivity index (χ1n) is 40.8. The zero-order valence-electron chi connectivity index (χ0n) is 65.4. The van der Waals surface area contributed by atoms with Crippen LogP contribution in [-0.2, 0) is 65.4 Å². The summed E-state index contributed by atoms with van der Waals surface area (Å²) in [4.78, 5) is 73.1. The van der Waals surface area contributed by atoms with Gasteiger partial charge in [0.25, 0.3) is 0 Å². The van der Waals surface area contributed by atoms with Crippen LogP contribution in [-0.4, -0.2) is 96.7 Å². The van der Waals surface area contributed by atoms with Crippen molar-refractivity contribution in [1.82, 2.24) is 0 Å². The Morgan fingerprint density at radius 1 is 0.279 bits per heavy atom. The molecule has 0 aromatic heterocycles. The minimum atomic E-state index is -4.99. The zero-order valence-corrected chi connectivity index (χ0v) is 67.2. The van der Waals surface area contributed by atoms with E-state index >= 15 is 0 Å². The van der Waals surface area contributed by atoms with E-state index in [-0.39, 0.29) is 25.7 Å². The molecular weight excluding hydrogens is 1350 g/mol. The number of rotatable bonds is 76. The highest BCUT2D eigenvalue weighted by Gasteiger charge is 2.30. The maximum Gasteiger partial charge on any atom is 0.472 e. The van der Waals surface area contributed by atoms with Crippen LogP contribution in [0, 0.1) is 0 Å². The fourth-order valence-corrected chi connectivity index (χ4v) is 12.2. The first kappa shape index (κ1) is 99.5. The van der Waals surface area contributed by atoms with E-state index in [4.69, 9.17) is 37.0 Å². The van der Waals surface area contributed by atoms with Crippen molar-refractivity contribution in [3.8, 4) is 0 Å². The Kier molecular flexibility index (Phi) is 73.3. The van der Waals surface area contributed by atoms with E-state index in [0.717, 1.165) is 193 Å². The standard InChI is InChI=1S/C85H146O17P2/c1-5-9-13-17-21-25-29-33-37-38-39-40-44-48-52-56-60-64-68-72-85(90)102-81(76-96-83(88)70-66-62-58-54-50-46-42-35-31-27-23-19-15-11-7-3)78-100-104(93,94)98-74-79(86)73-97-103(91,92)99-77-80(101-84(89)71-67-63-59-55-51-47-43-36-32-28-24-20-16-12-8-4)75-95-82(87)69-65-61-57-53-49-45-41-34-30-26-22-18-14-10-6-2/h9,13,21-23,25-28,32-35,37,39-42,48,52,79-81,86H,5-8,10-12,14-20,24,29-31,36,38,43-47,49-51,53-78H2,1-4H3,(H,91,92)(H,93,94)/b13-9-,25-21-,26-22-,27-23-,32-28-,37-33-,40-39-,41-34-,42-35-,52-48-/t79-,80+,81+/m0/s1. The van der Waals surface area contributed by atoms with Gasteiger partial charge in [-0.15, -0.1) is 0 Å². The van der Waals surface area contributed by atoms with Gasteiger partial charge >= 0.3 is 39.5 Å². The molecular formula is C85H146O17P2. The van der Waals surface area contributed by atoms with Gasteiger partial charge in [-0.2, -0.15) is 0 Å². The van der Waals surface area contributed by atoms with E-state index in [1.807, 2.05) is 0 Å². The molecule has 2 unspecified atom stereocenters. The molecule has 0 saturated carbocycles. The lowest BCUT2D eigenvalue weighted by Crippen LogP contribution is -2.30. The van der Waals surface area contributed by atoms with Gasteiger partial charge in [0.05, 0.1) is 26.4 Å². The van der Waals surface area contributed by atoms with Crippen LogP contribution in [0.4, 0.5) is 0 Å². The van der Waals surface area contributed by atoms with Crippen LogP contribution in [0.25, 0.3) is 0 Å². The molecule has 0 amide bonds. The Balaban J connectivity index is 5.42. The fraction of sp³-hybridized carbons (Fsp3) is 0.718. The van der Waals surface area contributed by atoms with Gasteiger partial charge in [0.15, 0.2) is 12.2 Å². The lowest BCUT2D eigenvalue weighted by molar-refractivity contribution is -0.161. The van der Waals surface area contributed by atoms with E-state index in [2.05, 4.69) is 149 Å². The summed E-state index contributed by atoms with van der Waals surface area (Å²) in [5.74, 6) is -2.24. The molecule has 0 aliphatic heterocycles. The third kappa shape index (κ3) is 75.7. The molecule has 598 valence electrons. The van der Waals surface area contributed by atoms with E-state index in [1.165, 1.54) is 64.2 Å². The number of carbonyl (C=O) groups is 4. The molecule has 0 bridgehead atoms. The number of phosphoric acid groups is 2. The molecule has 0 aliphatic carbocycles. The molecule has 0 radical (unpaired) electrons. The van der Waals surface area contributed by atoms with Crippen molar-refractivity contribution in [2.45, 2.75) is 354 Å². The molecule has 0 saturated heterocycles. The summed E-state index contributed by atoms with van der Waals surface area (Å²) in [5, 5.41) is 10.6. The molecule has 0 spiro atoms. The van der Waals surface area contributed by atoms with Crippen LogP contribution >= 0.6 is 15.6 Å². The quantitative estimate of drug-likeness (QED) is 0.0169. The third-order valence-corrected chi connectivity index (χ3v) is 18.8. The normalized spacial score (nSPS) is 14.5. The molecule has 3 N–H and O–H groups in total. The predicted octanol–water partition coefficient (Wildman–Crippen LogP) is 23.9. The minimum Gasteiger partial charge on any atom is -0.462 e. The van der Waals surface area contributed by atoms with Crippen LogP contribution in [0.3, 0.4) is 0 Å². The van der Waals surface area contributed by atoms with Gasteiger partial charge < -0.3 is 33.8 Å². The molecule has 17 nitrogen and oxygen atoms in total. The number of phosphoric ester groups is 2. The number of aliphatic hydroxyl groups excluding tert-OH is 1. The van der Waals surface area contributed by atoms with E-state index in [0.29, 0.717) is 25.7 Å². The molecule has 0 rings (SSSR count). The van der Waals surface area contributed by atoms with Gasteiger partial charge in [0, 0.05) is 25.7 Å². The summed E-state index contributed by atoms with van der Waals surface area (Å²) in [6.45, 7) is 4.65. The van der Waals surface area contributed by atoms with E-state index in [1.54, 1.807) is 0 Å². The highest BCUT2D eigenvalue weighted by molar-refractivity contribution is 7.47. The first-order valence-corrected chi connectivity index (χ1v) is 43.8. The van der Waals surface area contributed by atoms with Gasteiger partial charge in [-0.25, -0.2) is 9.13 Å². The highest BCUT2D eigenvalue weighted by Crippen LogP contribution is 2.45. The number of aliphatic hydroxyl groups is 1. The lowest BCUT2D eigenvalue weighted by Gasteiger charge is -2.21. The van der Waals surface area contributed by atoms with Gasteiger partial charge in [0.1, 0.15) is 19.3 Å². The second kappa shape index (κ2) is 76.6. The number of carbonyl (C=O) groups excluding carboxylic acids is 4. The summed E-state index contributed by atoms with van der Waals surface area (Å²) in [6, 6.07) is 0. The van der Waals surface area contributed by atoms with Crippen molar-refractivity contribution in [3.05, 3.63) is 122 Å². The van der Waals surface area contributed by atoms with Crippen molar-refractivity contribution in [2.24, 2.45) is 0 Å². The summed E-state index contributed by atoms with van der Waals surface area (Å²) >= 11 is 0. The number of unbranched alkanes of at least 4 members (excludes halogenated alkanes) is 30. The van der Waals surface area contributed by atoms with Crippen molar-refractivity contribution >= 4 is 39.5 Å². The number of esters is 4. The Hall–Kier alpha value is -4.54. The van der Waals surface area contributed by atoms with Crippen LogP contribution < -0.4 is 0 Å². The summed E-state index contributed by atoms with van der Waals surface area (Å²) in [5.41, 5.74) is 0. The molecule has 0 heterocycles. The second-order valence-electron chi connectivity index (χ2n) is 27.0. The van der Waals surface area contributed by atoms with Crippen LogP contribution in [0.15, 0.2) is 122 Å². The average molecular weight is 1500 g/mol. The van der Waals surface area contributed by atoms with Crippen LogP contribution in [0.2, 0.25) is 0 Å². The lowest BCUT2D eigenvalue weighted by atomic mass is 10.1. The summed E-state index contributed by atoms with van der Waals surface area (Å²) in [6.07, 6.45) is 84.5. The monoisotopic (exact) mass is 1500 g/mol. The summed E-state index contributed by atoms with van der Waals surface area (Å²) in [7, 11) is -9.98.